The summed E-state index contributed by atoms with van der Waals surface area (Å²) in [6, 6.07) is 12.7. The Morgan fingerprint density at radius 1 is 1.03 bits per heavy atom. The van der Waals surface area contributed by atoms with Gasteiger partial charge in [-0.15, -0.1) is 23.2 Å². The van der Waals surface area contributed by atoms with Crippen molar-refractivity contribution in [1.82, 2.24) is 0 Å². The predicted molar refractivity (Wildman–Crippen MR) is 131 cm³/mol. The second-order valence-corrected chi connectivity index (χ2v) is 10.4. The summed E-state index contributed by atoms with van der Waals surface area (Å²) in [5, 5.41) is 15.2. The third-order valence-electron chi connectivity index (χ3n) is 5.32. The van der Waals surface area contributed by atoms with E-state index in [4.69, 9.17) is 58.0 Å². The van der Waals surface area contributed by atoms with Crippen molar-refractivity contribution in [3.63, 3.8) is 0 Å². The molecular formula is C23H15Cl5N2O3. The van der Waals surface area contributed by atoms with E-state index in [2.05, 4.69) is 5.32 Å². The zero-order chi connectivity index (χ0) is 23.9. The highest BCUT2D eigenvalue weighted by Crippen LogP contribution is 2.65. The van der Waals surface area contributed by atoms with Crippen LogP contribution in [0.1, 0.15) is 27.4 Å². The minimum atomic E-state index is -1.33. The molecule has 1 N–H and O–H groups in total. The van der Waals surface area contributed by atoms with E-state index < -0.39 is 22.1 Å². The van der Waals surface area contributed by atoms with Crippen LogP contribution in [0.15, 0.2) is 60.9 Å². The summed E-state index contributed by atoms with van der Waals surface area (Å²) in [5.74, 6) is -1.97. The molecule has 3 aromatic rings. The van der Waals surface area contributed by atoms with Crippen molar-refractivity contribution in [1.29, 1.82) is 0 Å². The monoisotopic (exact) mass is 542 g/mol. The molecule has 1 fully saturated rings. The molecule has 0 bridgehead atoms. The summed E-state index contributed by atoms with van der Waals surface area (Å²) in [6.45, 7) is 0. The molecule has 0 saturated heterocycles. The number of rotatable bonds is 6. The van der Waals surface area contributed by atoms with Crippen molar-refractivity contribution in [2.24, 2.45) is 5.92 Å². The van der Waals surface area contributed by atoms with Crippen molar-refractivity contribution in [3.05, 3.63) is 97.9 Å². The minimum Gasteiger partial charge on any atom is -0.619 e. The van der Waals surface area contributed by atoms with Crippen LogP contribution in [0.5, 0.6) is 0 Å². The number of pyridine rings is 1. The van der Waals surface area contributed by atoms with Gasteiger partial charge < -0.3 is 10.5 Å². The molecule has 0 radical (unpaired) electrons. The van der Waals surface area contributed by atoms with E-state index in [1.165, 1.54) is 24.5 Å². The summed E-state index contributed by atoms with van der Waals surface area (Å²) >= 11 is 31.1. The summed E-state index contributed by atoms with van der Waals surface area (Å²) in [4.78, 5) is 25.7. The number of Topliss-reactive ketones (excluding diaryl/α,β-unsaturated/α-hetero) is 1. The van der Waals surface area contributed by atoms with Gasteiger partial charge in [0.25, 0.3) is 0 Å². The predicted octanol–water partition coefficient (Wildman–Crippen LogP) is 6.23. The molecule has 33 heavy (non-hydrogen) atoms. The molecule has 2 unspecified atom stereocenters. The number of nitrogens with zero attached hydrogens (tertiary/aromatic N) is 1. The van der Waals surface area contributed by atoms with Gasteiger partial charge in [-0.25, -0.2) is 0 Å². The van der Waals surface area contributed by atoms with Crippen LogP contribution in [0.4, 0.5) is 5.69 Å². The highest BCUT2D eigenvalue weighted by atomic mass is 35.5. The molecule has 170 valence electrons. The number of nitrogens with one attached hydrogen (secondary N) is 1. The van der Waals surface area contributed by atoms with Crippen LogP contribution in [0.3, 0.4) is 0 Å². The first kappa shape index (κ1) is 24.1. The Hall–Kier alpha value is -2.02. The zero-order valence-corrected chi connectivity index (χ0v) is 20.5. The average Bonchev–Trinajstić information content (AvgIpc) is 3.31. The normalized spacial score (nSPS) is 18.6. The first-order chi connectivity index (χ1) is 15.6. The molecule has 2 atom stereocenters. The highest BCUT2D eigenvalue weighted by molar-refractivity contribution is 6.53. The molecule has 1 aliphatic carbocycles. The molecule has 5 nitrogen and oxygen atoms in total. The van der Waals surface area contributed by atoms with Crippen LogP contribution < -0.4 is 10.0 Å². The molecule has 1 aromatic heterocycles. The fourth-order valence-corrected chi connectivity index (χ4v) is 5.34. The number of carbonyl (C=O) groups excluding carboxylic acids is 2. The maximum absolute atomic E-state index is 12.9. The van der Waals surface area contributed by atoms with E-state index in [1.807, 2.05) is 0 Å². The average molecular weight is 545 g/mol. The van der Waals surface area contributed by atoms with Crippen LogP contribution in [0.25, 0.3) is 0 Å². The summed E-state index contributed by atoms with van der Waals surface area (Å²) in [5.41, 5.74) is 1.77. The Labute approximate surface area is 214 Å². The van der Waals surface area contributed by atoms with Crippen molar-refractivity contribution in [3.8, 4) is 0 Å². The van der Waals surface area contributed by atoms with E-state index >= 15 is 0 Å². The summed E-state index contributed by atoms with van der Waals surface area (Å²) in [6.07, 6.45) is 2.62. The molecule has 0 aliphatic heterocycles. The van der Waals surface area contributed by atoms with Gasteiger partial charge in [0.15, 0.2) is 18.2 Å². The topological polar surface area (TPSA) is 73.1 Å². The molecule has 1 aliphatic rings. The number of ketones is 1. The quantitative estimate of drug-likeness (QED) is 0.173. The molecular weight excluding hydrogens is 530 g/mol. The molecule has 1 saturated carbocycles. The Kier molecular flexibility index (Phi) is 6.81. The van der Waals surface area contributed by atoms with Crippen molar-refractivity contribution in [2.45, 2.75) is 16.7 Å². The zero-order valence-electron chi connectivity index (χ0n) is 16.7. The Balaban J connectivity index is 1.51. The smallest absolute Gasteiger partial charge is 0.231 e. The number of hydrogen-bond donors (Lipinski definition) is 1. The summed E-state index contributed by atoms with van der Waals surface area (Å²) in [7, 11) is 0. The lowest BCUT2D eigenvalue weighted by molar-refractivity contribution is -0.605. The second kappa shape index (κ2) is 9.32. The Morgan fingerprint density at radius 3 is 2.39 bits per heavy atom. The Morgan fingerprint density at radius 2 is 1.73 bits per heavy atom. The molecule has 10 heteroatoms. The number of hydrogen-bond acceptors (Lipinski definition) is 3. The second-order valence-electron chi connectivity index (χ2n) is 7.69. The standard InChI is InChI=1S/C23H15Cl5N2O3/c24-14-7-13(8-15(25)9-14)20-21(23(20,27)28)22(32)29-16-3-4-18(26)17(10-16)19(31)6-12-2-1-5-30(33)11-12/h1-5,7-11,20-21H,6H2,(H,29,32). The van der Waals surface area contributed by atoms with Crippen LogP contribution in [0.2, 0.25) is 15.1 Å². The molecule has 2 aromatic carbocycles. The van der Waals surface area contributed by atoms with Crippen LogP contribution >= 0.6 is 58.0 Å². The minimum absolute atomic E-state index is 0.0209. The lowest BCUT2D eigenvalue weighted by Crippen LogP contribution is -2.25. The van der Waals surface area contributed by atoms with E-state index in [0.717, 1.165) is 0 Å². The first-order valence-electron chi connectivity index (χ1n) is 9.71. The maximum Gasteiger partial charge on any atom is 0.231 e. The summed E-state index contributed by atoms with van der Waals surface area (Å²) < 4.78 is -0.714. The van der Waals surface area contributed by atoms with Crippen molar-refractivity contribution < 1.29 is 14.3 Å². The lowest BCUT2D eigenvalue weighted by Gasteiger charge is -2.09. The number of alkyl halides is 2. The van der Waals surface area contributed by atoms with E-state index in [0.29, 0.717) is 31.6 Å². The van der Waals surface area contributed by atoms with Crippen molar-refractivity contribution >= 4 is 75.4 Å². The Bertz CT molecular complexity index is 1240. The van der Waals surface area contributed by atoms with Crippen molar-refractivity contribution in [2.75, 3.05) is 5.32 Å². The van der Waals surface area contributed by atoms with Gasteiger partial charge in [0.05, 0.1) is 10.9 Å². The van der Waals surface area contributed by atoms with Gasteiger partial charge in [0.1, 0.15) is 4.33 Å². The van der Waals surface area contributed by atoms with Gasteiger partial charge >= 0.3 is 0 Å². The number of amides is 1. The van der Waals surface area contributed by atoms with Gasteiger partial charge in [-0.05, 0) is 48.0 Å². The van der Waals surface area contributed by atoms with E-state index in [9.17, 15) is 14.8 Å². The molecule has 1 amide bonds. The van der Waals surface area contributed by atoms with Gasteiger partial charge in [0.2, 0.25) is 5.91 Å². The number of halogens is 5. The number of carbonyl (C=O) groups is 2. The molecule has 1 heterocycles. The fraction of sp³-hybridized carbons (Fsp3) is 0.174. The third kappa shape index (κ3) is 5.23. The van der Waals surface area contributed by atoms with Gasteiger partial charge in [0, 0.05) is 45.3 Å². The number of aromatic nitrogens is 1. The largest absolute Gasteiger partial charge is 0.619 e. The van der Waals surface area contributed by atoms with Gasteiger partial charge in [-0.1, -0.05) is 34.8 Å². The van der Waals surface area contributed by atoms with Gasteiger partial charge in [-0.2, -0.15) is 4.73 Å². The first-order valence-corrected chi connectivity index (χ1v) is 11.6. The maximum atomic E-state index is 12.9. The van der Waals surface area contributed by atoms with E-state index in [1.54, 1.807) is 36.4 Å². The van der Waals surface area contributed by atoms with Crippen LogP contribution in [-0.4, -0.2) is 16.0 Å². The highest BCUT2D eigenvalue weighted by Gasteiger charge is 2.67. The van der Waals surface area contributed by atoms with Crippen LogP contribution in [0, 0.1) is 11.1 Å². The van der Waals surface area contributed by atoms with E-state index in [-0.39, 0.29) is 22.8 Å². The third-order valence-corrected chi connectivity index (χ3v) is 7.02. The molecule has 0 spiro atoms. The molecule has 4 rings (SSSR count). The SMILES string of the molecule is O=C(Cc1ccc[n+]([O-])c1)c1cc(NC(=O)C2C(c3cc(Cl)cc(Cl)c3)C2(Cl)Cl)ccc1Cl. The van der Waals surface area contributed by atoms with Gasteiger partial charge in [-0.3, -0.25) is 9.59 Å². The van der Waals surface area contributed by atoms with Crippen LogP contribution in [-0.2, 0) is 11.2 Å². The fourth-order valence-electron chi connectivity index (χ4n) is 3.75. The number of anilines is 1. The lowest BCUT2D eigenvalue weighted by atomic mass is 10.0. The number of benzene rings is 2.